The quantitative estimate of drug-likeness (QED) is 0.926. The predicted molar refractivity (Wildman–Crippen MR) is 66.1 cm³/mol. The molecule has 0 aliphatic heterocycles. The fourth-order valence-electron chi connectivity index (χ4n) is 1.48. The fraction of sp³-hybridized carbons (Fsp3) is 0.300. The Morgan fingerprint density at radius 1 is 1.56 bits per heavy atom. The number of aliphatic hydroxyl groups excluding tert-OH is 1. The maximum absolute atomic E-state index is 10.1. The summed E-state index contributed by atoms with van der Waals surface area (Å²) in [5.74, 6) is 0.481. The molecular formula is C10H10Br2N2O2. The van der Waals surface area contributed by atoms with Crippen molar-refractivity contribution in [3.05, 3.63) is 38.9 Å². The Labute approximate surface area is 110 Å². The minimum Gasteiger partial charge on any atom is -0.450 e. The van der Waals surface area contributed by atoms with E-state index in [1.54, 1.807) is 23.0 Å². The summed E-state index contributed by atoms with van der Waals surface area (Å²) in [4.78, 5) is 0. The van der Waals surface area contributed by atoms with E-state index in [2.05, 4.69) is 37.0 Å². The van der Waals surface area contributed by atoms with Gasteiger partial charge in [-0.15, -0.1) is 0 Å². The number of hydrogen-bond acceptors (Lipinski definition) is 3. The molecule has 4 nitrogen and oxygen atoms in total. The topological polar surface area (TPSA) is 51.2 Å². The van der Waals surface area contributed by atoms with Gasteiger partial charge in [-0.3, -0.25) is 4.68 Å². The summed E-state index contributed by atoms with van der Waals surface area (Å²) in [7, 11) is 0. The monoisotopic (exact) mass is 348 g/mol. The third kappa shape index (κ3) is 2.09. The number of furan rings is 1. The number of aromatic nitrogens is 2. The standard InChI is InChI=1S/C10H10Br2N2O2/c1-2-14-7(3-4-13-14)9(15)8-5-6(11)10(12)16-8/h3-5,9,15H,2H2,1H3. The van der Waals surface area contributed by atoms with Crippen LogP contribution >= 0.6 is 31.9 Å². The highest BCUT2D eigenvalue weighted by atomic mass is 79.9. The Morgan fingerprint density at radius 2 is 2.31 bits per heavy atom. The lowest BCUT2D eigenvalue weighted by molar-refractivity contribution is 0.177. The largest absolute Gasteiger partial charge is 0.450 e. The van der Waals surface area contributed by atoms with Crippen LogP contribution in [-0.2, 0) is 6.54 Å². The first-order valence-electron chi connectivity index (χ1n) is 4.78. The molecule has 1 N–H and O–H groups in total. The third-order valence-corrected chi connectivity index (χ3v) is 3.97. The van der Waals surface area contributed by atoms with E-state index in [9.17, 15) is 5.11 Å². The normalized spacial score (nSPS) is 13.0. The Kier molecular flexibility index (Phi) is 3.51. The molecule has 2 heterocycles. The fourth-order valence-corrected chi connectivity index (χ4v) is 2.09. The van der Waals surface area contributed by atoms with E-state index in [1.165, 1.54) is 0 Å². The second-order valence-electron chi connectivity index (χ2n) is 3.24. The van der Waals surface area contributed by atoms with Crippen molar-refractivity contribution in [1.82, 2.24) is 9.78 Å². The minimum atomic E-state index is -0.801. The average Bonchev–Trinajstić information content (AvgIpc) is 2.85. The molecule has 2 rings (SSSR count). The van der Waals surface area contributed by atoms with Crippen LogP contribution in [0, 0.1) is 0 Å². The van der Waals surface area contributed by atoms with Crippen LogP contribution in [-0.4, -0.2) is 14.9 Å². The molecule has 0 spiro atoms. The molecule has 0 fully saturated rings. The lowest BCUT2D eigenvalue weighted by Crippen LogP contribution is -2.08. The zero-order valence-electron chi connectivity index (χ0n) is 8.52. The molecule has 0 saturated carbocycles. The molecule has 2 aromatic heterocycles. The summed E-state index contributed by atoms with van der Waals surface area (Å²) in [6.45, 7) is 2.68. The van der Waals surface area contributed by atoms with Crippen LogP contribution < -0.4 is 0 Å². The smallest absolute Gasteiger partial charge is 0.183 e. The van der Waals surface area contributed by atoms with Gasteiger partial charge in [0, 0.05) is 12.7 Å². The second-order valence-corrected chi connectivity index (χ2v) is 4.82. The van der Waals surface area contributed by atoms with Gasteiger partial charge in [-0.05, 0) is 50.9 Å². The first-order chi connectivity index (χ1) is 7.63. The zero-order valence-corrected chi connectivity index (χ0v) is 11.7. The van der Waals surface area contributed by atoms with Gasteiger partial charge in [-0.1, -0.05) is 0 Å². The van der Waals surface area contributed by atoms with E-state index in [4.69, 9.17) is 4.42 Å². The lowest BCUT2D eigenvalue weighted by Gasteiger charge is -2.09. The van der Waals surface area contributed by atoms with Crippen LogP contribution in [0.1, 0.15) is 24.5 Å². The highest BCUT2D eigenvalue weighted by molar-refractivity contribution is 9.13. The number of nitrogens with zero attached hydrogens (tertiary/aromatic N) is 2. The van der Waals surface area contributed by atoms with Crippen molar-refractivity contribution in [2.75, 3.05) is 0 Å². The molecule has 1 unspecified atom stereocenters. The molecule has 1 atom stereocenters. The Hall–Kier alpha value is -0.590. The van der Waals surface area contributed by atoms with Gasteiger partial charge in [0.05, 0.1) is 10.2 Å². The van der Waals surface area contributed by atoms with Crippen molar-refractivity contribution in [3.63, 3.8) is 0 Å². The number of aryl methyl sites for hydroxylation is 1. The molecule has 6 heteroatoms. The van der Waals surface area contributed by atoms with Gasteiger partial charge in [-0.25, -0.2) is 0 Å². The number of aliphatic hydroxyl groups is 1. The predicted octanol–water partition coefficient (Wildman–Crippen LogP) is 3.10. The van der Waals surface area contributed by atoms with E-state index in [1.807, 2.05) is 6.92 Å². The summed E-state index contributed by atoms with van der Waals surface area (Å²) in [5.41, 5.74) is 0.719. The van der Waals surface area contributed by atoms with Crippen LogP contribution in [0.5, 0.6) is 0 Å². The summed E-state index contributed by atoms with van der Waals surface area (Å²) in [6.07, 6.45) is 0.861. The SMILES string of the molecule is CCn1nccc1C(O)c1cc(Br)c(Br)o1. The first-order valence-corrected chi connectivity index (χ1v) is 6.36. The van der Waals surface area contributed by atoms with Gasteiger partial charge in [-0.2, -0.15) is 5.10 Å². The van der Waals surface area contributed by atoms with E-state index in [0.29, 0.717) is 17.0 Å². The van der Waals surface area contributed by atoms with Crippen molar-refractivity contribution in [2.24, 2.45) is 0 Å². The molecule has 0 aliphatic rings. The maximum Gasteiger partial charge on any atom is 0.183 e. The summed E-state index contributed by atoms with van der Waals surface area (Å²) < 4.78 is 8.46. The highest BCUT2D eigenvalue weighted by Gasteiger charge is 2.19. The molecule has 0 radical (unpaired) electrons. The molecule has 16 heavy (non-hydrogen) atoms. The van der Waals surface area contributed by atoms with Gasteiger partial charge in [0.25, 0.3) is 0 Å². The number of halogens is 2. The average molecular weight is 350 g/mol. The Bertz CT molecular complexity index is 473. The number of rotatable bonds is 3. The Balaban J connectivity index is 2.35. The van der Waals surface area contributed by atoms with Crippen molar-refractivity contribution >= 4 is 31.9 Å². The van der Waals surface area contributed by atoms with E-state index >= 15 is 0 Å². The molecular weight excluding hydrogens is 340 g/mol. The van der Waals surface area contributed by atoms with Gasteiger partial charge < -0.3 is 9.52 Å². The zero-order chi connectivity index (χ0) is 11.7. The molecule has 0 aliphatic carbocycles. The van der Waals surface area contributed by atoms with Gasteiger partial charge in [0.2, 0.25) is 0 Å². The van der Waals surface area contributed by atoms with E-state index in [-0.39, 0.29) is 0 Å². The van der Waals surface area contributed by atoms with Crippen molar-refractivity contribution in [1.29, 1.82) is 0 Å². The molecule has 86 valence electrons. The molecule has 2 aromatic rings. The van der Waals surface area contributed by atoms with Gasteiger partial charge >= 0.3 is 0 Å². The minimum absolute atomic E-state index is 0.481. The Morgan fingerprint density at radius 3 is 2.88 bits per heavy atom. The second kappa shape index (κ2) is 4.73. The first kappa shape index (κ1) is 11.9. The van der Waals surface area contributed by atoms with Crippen LogP contribution in [0.2, 0.25) is 0 Å². The van der Waals surface area contributed by atoms with E-state index < -0.39 is 6.10 Å². The van der Waals surface area contributed by atoms with Gasteiger partial charge in [0.1, 0.15) is 5.76 Å². The molecule has 0 amide bonds. The lowest BCUT2D eigenvalue weighted by atomic mass is 10.2. The van der Waals surface area contributed by atoms with Crippen molar-refractivity contribution < 1.29 is 9.52 Å². The highest BCUT2D eigenvalue weighted by Crippen LogP contribution is 2.32. The van der Waals surface area contributed by atoms with Gasteiger partial charge in [0.15, 0.2) is 10.8 Å². The molecule has 0 saturated heterocycles. The van der Waals surface area contributed by atoms with Crippen LogP contribution in [0.25, 0.3) is 0 Å². The maximum atomic E-state index is 10.1. The van der Waals surface area contributed by atoms with Crippen LogP contribution in [0.4, 0.5) is 0 Å². The third-order valence-electron chi connectivity index (χ3n) is 2.26. The summed E-state index contributed by atoms with van der Waals surface area (Å²) in [6, 6.07) is 3.51. The van der Waals surface area contributed by atoms with Crippen LogP contribution in [0.3, 0.4) is 0 Å². The van der Waals surface area contributed by atoms with Crippen molar-refractivity contribution in [3.8, 4) is 0 Å². The molecule has 0 bridgehead atoms. The van der Waals surface area contributed by atoms with Crippen LogP contribution in [0.15, 0.2) is 31.9 Å². The van der Waals surface area contributed by atoms with Crippen molar-refractivity contribution in [2.45, 2.75) is 19.6 Å². The van der Waals surface area contributed by atoms with E-state index in [0.717, 1.165) is 10.2 Å². The summed E-state index contributed by atoms with van der Waals surface area (Å²) in [5, 5.41) is 14.2. The molecule has 0 aromatic carbocycles. The summed E-state index contributed by atoms with van der Waals surface area (Å²) >= 11 is 6.55. The number of hydrogen-bond donors (Lipinski definition) is 1.